The Morgan fingerprint density at radius 3 is 2.35 bits per heavy atom. The van der Waals surface area contributed by atoms with Crippen LogP contribution in [0.25, 0.3) is 0 Å². The molecule has 0 spiro atoms. The number of benzene rings is 1. The summed E-state index contributed by atoms with van der Waals surface area (Å²) in [5.74, 6) is 0.488. The molecule has 1 aromatic heterocycles. The third-order valence-electron chi connectivity index (χ3n) is 4.62. The highest BCUT2D eigenvalue weighted by atomic mass is 32.2. The van der Waals surface area contributed by atoms with Crippen LogP contribution in [0.5, 0.6) is 0 Å². The lowest BCUT2D eigenvalue weighted by atomic mass is 10.2. The van der Waals surface area contributed by atoms with E-state index >= 15 is 0 Å². The van der Waals surface area contributed by atoms with Gasteiger partial charge in [0, 0.05) is 38.9 Å². The SMILES string of the molecule is O=S1(=O)N=C(CN2CCN(Cc3ccccn3)CC2)Nc2ccccc21. The largest absolute Gasteiger partial charge is 0.341 e. The van der Waals surface area contributed by atoms with Crippen molar-refractivity contribution in [1.82, 2.24) is 14.8 Å². The van der Waals surface area contributed by atoms with Crippen molar-refractivity contribution in [2.24, 2.45) is 4.40 Å². The van der Waals surface area contributed by atoms with E-state index in [0.717, 1.165) is 38.4 Å². The molecular formula is C18H21N5O2S. The lowest BCUT2D eigenvalue weighted by molar-refractivity contribution is 0.139. The maximum atomic E-state index is 12.3. The fourth-order valence-corrected chi connectivity index (χ4v) is 4.41. The van der Waals surface area contributed by atoms with Gasteiger partial charge in [0.1, 0.15) is 10.7 Å². The van der Waals surface area contributed by atoms with Crippen LogP contribution in [-0.4, -0.2) is 61.8 Å². The number of nitrogens with zero attached hydrogens (tertiary/aromatic N) is 4. The van der Waals surface area contributed by atoms with Gasteiger partial charge in [0.2, 0.25) is 0 Å². The van der Waals surface area contributed by atoms with Gasteiger partial charge in [0.25, 0.3) is 10.0 Å². The summed E-state index contributed by atoms with van der Waals surface area (Å²) in [5.41, 5.74) is 1.67. The predicted octanol–water partition coefficient (Wildman–Crippen LogP) is 1.41. The molecule has 2 aromatic rings. The van der Waals surface area contributed by atoms with Crippen LogP contribution in [0.3, 0.4) is 0 Å². The first-order valence-electron chi connectivity index (χ1n) is 8.65. The summed E-state index contributed by atoms with van der Waals surface area (Å²) >= 11 is 0. The molecule has 0 unspecified atom stereocenters. The standard InChI is InChI=1S/C18H21N5O2S/c24-26(25)17-7-2-1-6-16(17)20-18(21-26)14-23-11-9-22(10-12-23)13-15-5-3-4-8-19-15/h1-8H,9-14H2,(H,20,21). The zero-order chi connectivity index (χ0) is 18.0. The zero-order valence-electron chi connectivity index (χ0n) is 14.4. The summed E-state index contributed by atoms with van der Waals surface area (Å²) in [6.07, 6.45) is 1.82. The molecule has 1 fully saturated rings. The number of nitrogens with one attached hydrogen (secondary N) is 1. The number of amidine groups is 1. The van der Waals surface area contributed by atoms with Gasteiger partial charge >= 0.3 is 0 Å². The molecule has 1 saturated heterocycles. The van der Waals surface area contributed by atoms with Crippen molar-refractivity contribution in [3.8, 4) is 0 Å². The summed E-state index contributed by atoms with van der Waals surface area (Å²) in [5, 5.41) is 3.16. The Kier molecular flexibility index (Phi) is 4.71. The molecule has 2 aliphatic rings. The summed E-state index contributed by atoms with van der Waals surface area (Å²) in [4.78, 5) is 9.20. The lowest BCUT2D eigenvalue weighted by Crippen LogP contribution is -2.48. The van der Waals surface area contributed by atoms with Crippen LogP contribution in [0.4, 0.5) is 5.69 Å². The fraction of sp³-hybridized carbons (Fsp3) is 0.333. The zero-order valence-corrected chi connectivity index (χ0v) is 15.2. The molecule has 136 valence electrons. The fourth-order valence-electron chi connectivity index (χ4n) is 3.27. The number of hydrogen-bond acceptors (Lipinski definition) is 6. The second-order valence-electron chi connectivity index (χ2n) is 6.51. The van der Waals surface area contributed by atoms with Crippen molar-refractivity contribution in [2.75, 3.05) is 38.0 Å². The first kappa shape index (κ1) is 17.1. The number of piperazine rings is 1. The maximum Gasteiger partial charge on any atom is 0.286 e. The van der Waals surface area contributed by atoms with E-state index in [4.69, 9.17) is 0 Å². The Morgan fingerprint density at radius 1 is 0.923 bits per heavy atom. The van der Waals surface area contributed by atoms with Crippen LogP contribution in [0.15, 0.2) is 58.0 Å². The number of aromatic nitrogens is 1. The molecule has 26 heavy (non-hydrogen) atoms. The van der Waals surface area contributed by atoms with Gasteiger partial charge in [-0.25, -0.2) is 0 Å². The Hall–Kier alpha value is -2.29. The molecule has 1 aromatic carbocycles. The minimum Gasteiger partial charge on any atom is -0.341 e. The van der Waals surface area contributed by atoms with Crippen molar-refractivity contribution < 1.29 is 8.42 Å². The van der Waals surface area contributed by atoms with Gasteiger partial charge < -0.3 is 5.32 Å². The number of hydrogen-bond donors (Lipinski definition) is 1. The molecule has 0 radical (unpaired) electrons. The van der Waals surface area contributed by atoms with Gasteiger partial charge in [0.15, 0.2) is 0 Å². The van der Waals surface area contributed by atoms with Gasteiger partial charge in [-0.2, -0.15) is 8.42 Å². The smallest absolute Gasteiger partial charge is 0.286 e. The van der Waals surface area contributed by atoms with E-state index in [0.29, 0.717) is 18.1 Å². The van der Waals surface area contributed by atoms with Gasteiger partial charge in [0.05, 0.1) is 17.9 Å². The van der Waals surface area contributed by atoms with E-state index in [1.165, 1.54) is 0 Å². The average Bonchev–Trinajstić information content (AvgIpc) is 2.64. The maximum absolute atomic E-state index is 12.3. The van der Waals surface area contributed by atoms with Crippen molar-refractivity contribution in [1.29, 1.82) is 0 Å². The van der Waals surface area contributed by atoms with Crippen LogP contribution in [0.1, 0.15) is 5.69 Å². The Morgan fingerprint density at radius 2 is 1.62 bits per heavy atom. The topological polar surface area (TPSA) is 77.9 Å². The Bertz CT molecular complexity index is 906. The molecule has 8 heteroatoms. The van der Waals surface area contributed by atoms with Crippen LogP contribution in [0, 0.1) is 0 Å². The van der Waals surface area contributed by atoms with E-state index in [1.54, 1.807) is 18.2 Å². The van der Waals surface area contributed by atoms with Crippen molar-refractivity contribution in [3.05, 3.63) is 54.4 Å². The summed E-state index contributed by atoms with van der Waals surface area (Å²) < 4.78 is 28.6. The van der Waals surface area contributed by atoms with Gasteiger partial charge in [-0.15, -0.1) is 4.40 Å². The highest BCUT2D eigenvalue weighted by Gasteiger charge is 2.26. The molecule has 3 heterocycles. The third kappa shape index (κ3) is 3.77. The van der Waals surface area contributed by atoms with E-state index in [1.807, 2.05) is 30.5 Å². The molecule has 0 amide bonds. The first-order chi connectivity index (χ1) is 12.6. The van der Waals surface area contributed by atoms with Gasteiger partial charge in [-0.1, -0.05) is 18.2 Å². The molecule has 0 bridgehead atoms. The predicted molar refractivity (Wildman–Crippen MR) is 101 cm³/mol. The van der Waals surface area contributed by atoms with Crippen LogP contribution >= 0.6 is 0 Å². The number of rotatable bonds is 4. The summed E-state index contributed by atoms with van der Waals surface area (Å²) in [6.45, 7) is 4.94. The normalized spacial score (nSPS) is 20.1. The molecule has 4 rings (SSSR count). The summed E-state index contributed by atoms with van der Waals surface area (Å²) in [6, 6.07) is 12.8. The number of sulfonamides is 1. The number of anilines is 1. The summed E-state index contributed by atoms with van der Waals surface area (Å²) in [7, 11) is -3.61. The molecule has 1 N–H and O–H groups in total. The molecule has 7 nitrogen and oxygen atoms in total. The van der Waals surface area contributed by atoms with E-state index in [9.17, 15) is 8.42 Å². The van der Waals surface area contributed by atoms with E-state index in [-0.39, 0.29) is 4.90 Å². The molecule has 0 aliphatic carbocycles. The Labute approximate surface area is 153 Å². The van der Waals surface area contributed by atoms with E-state index in [2.05, 4.69) is 24.5 Å². The number of para-hydroxylation sites is 1. The van der Waals surface area contributed by atoms with Crippen molar-refractivity contribution >= 4 is 21.5 Å². The van der Waals surface area contributed by atoms with Gasteiger partial charge in [-0.05, 0) is 24.3 Å². The monoisotopic (exact) mass is 371 g/mol. The molecule has 0 atom stereocenters. The minimum absolute atomic E-state index is 0.240. The number of fused-ring (bicyclic) bond motifs is 1. The van der Waals surface area contributed by atoms with Crippen LogP contribution < -0.4 is 5.32 Å². The highest BCUT2D eigenvalue weighted by Crippen LogP contribution is 2.26. The average molecular weight is 371 g/mol. The molecule has 0 saturated carbocycles. The first-order valence-corrected chi connectivity index (χ1v) is 10.1. The Balaban J connectivity index is 1.36. The minimum atomic E-state index is -3.61. The highest BCUT2D eigenvalue weighted by molar-refractivity contribution is 7.90. The van der Waals surface area contributed by atoms with Crippen LogP contribution in [0.2, 0.25) is 0 Å². The lowest BCUT2D eigenvalue weighted by Gasteiger charge is -2.35. The second kappa shape index (κ2) is 7.14. The van der Waals surface area contributed by atoms with Crippen molar-refractivity contribution in [2.45, 2.75) is 11.4 Å². The third-order valence-corrected chi connectivity index (χ3v) is 6.00. The molecule has 2 aliphatic heterocycles. The second-order valence-corrected chi connectivity index (χ2v) is 8.08. The van der Waals surface area contributed by atoms with E-state index < -0.39 is 10.0 Å². The molecular weight excluding hydrogens is 350 g/mol. The van der Waals surface area contributed by atoms with Crippen molar-refractivity contribution in [3.63, 3.8) is 0 Å². The quantitative estimate of drug-likeness (QED) is 0.876. The van der Waals surface area contributed by atoms with Crippen LogP contribution in [-0.2, 0) is 16.6 Å². The van der Waals surface area contributed by atoms with Gasteiger partial charge in [-0.3, -0.25) is 14.8 Å². The number of pyridine rings is 1.